The first-order valence-electron chi connectivity index (χ1n) is 11.0. The van der Waals surface area contributed by atoms with Gasteiger partial charge in [0.2, 0.25) is 5.91 Å². The minimum absolute atomic E-state index is 0.0857. The van der Waals surface area contributed by atoms with Crippen molar-refractivity contribution in [3.63, 3.8) is 0 Å². The molecule has 2 aromatic rings. The van der Waals surface area contributed by atoms with Crippen molar-refractivity contribution in [1.82, 2.24) is 10.6 Å². The third-order valence-corrected chi connectivity index (χ3v) is 6.44. The van der Waals surface area contributed by atoms with Crippen LogP contribution in [0.2, 0.25) is 0 Å². The number of benzene rings is 2. The molecule has 7 nitrogen and oxygen atoms in total. The van der Waals surface area contributed by atoms with Crippen LogP contribution in [0.5, 0.6) is 0 Å². The summed E-state index contributed by atoms with van der Waals surface area (Å²) in [5.74, 6) is -1.37. The SMILES string of the molecule is CSCCC(NC(=O)[C@@H](NC(=O)OCC1c2ccccc2-c2ccccc21)C(C)C)C(=O)O. The largest absolute Gasteiger partial charge is 0.480 e. The Morgan fingerprint density at radius 1 is 1.00 bits per heavy atom. The van der Waals surface area contributed by atoms with Gasteiger partial charge < -0.3 is 20.5 Å². The average molecular weight is 471 g/mol. The summed E-state index contributed by atoms with van der Waals surface area (Å²) in [5, 5.41) is 14.5. The fourth-order valence-electron chi connectivity index (χ4n) is 4.06. The summed E-state index contributed by atoms with van der Waals surface area (Å²) in [6, 6.07) is 14.2. The molecular weight excluding hydrogens is 440 g/mol. The van der Waals surface area contributed by atoms with Crippen molar-refractivity contribution < 1.29 is 24.2 Å². The first-order chi connectivity index (χ1) is 15.8. The van der Waals surface area contributed by atoms with Gasteiger partial charge in [-0.15, -0.1) is 0 Å². The van der Waals surface area contributed by atoms with Crippen molar-refractivity contribution in [2.45, 2.75) is 38.3 Å². The van der Waals surface area contributed by atoms with Gasteiger partial charge in [-0.25, -0.2) is 9.59 Å². The molecule has 0 bridgehead atoms. The second kappa shape index (κ2) is 11.2. The van der Waals surface area contributed by atoms with E-state index < -0.39 is 30.1 Å². The number of carbonyl (C=O) groups excluding carboxylic acids is 2. The molecule has 0 aromatic heterocycles. The van der Waals surface area contributed by atoms with E-state index in [2.05, 4.69) is 22.8 Å². The summed E-state index contributed by atoms with van der Waals surface area (Å²) in [5.41, 5.74) is 4.46. The molecule has 1 aliphatic carbocycles. The van der Waals surface area contributed by atoms with Crippen molar-refractivity contribution in [2.24, 2.45) is 5.92 Å². The van der Waals surface area contributed by atoms with Gasteiger partial charge >= 0.3 is 12.1 Å². The Bertz CT molecular complexity index is 964. The van der Waals surface area contributed by atoms with Crippen molar-refractivity contribution in [3.05, 3.63) is 59.7 Å². The van der Waals surface area contributed by atoms with Crippen LogP contribution in [0, 0.1) is 5.92 Å². The molecule has 0 saturated heterocycles. The van der Waals surface area contributed by atoms with Crippen LogP contribution in [0.1, 0.15) is 37.3 Å². The third-order valence-electron chi connectivity index (χ3n) is 5.79. The lowest BCUT2D eigenvalue weighted by Gasteiger charge is -2.24. The third kappa shape index (κ3) is 5.87. The highest BCUT2D eigenvalue weighted by molar-refractivity contribution is 7.98. The van der Waals surface area contributed by atoms with Crippen LogP contribution < -0.4 is 10.6 Å². The van der Waals surface area contributed by atoms with E-state index in [0.29, 0.717) is 12.2 Å². The lowest BCUT2D eigenvalue weighted by molar-refractivity contribution is -0.142. The van der Waals surface area contributed by atoms with Crippen LogP contribution in [0.3, 0.4) is 0 Å². The summed E-state index contributed by atoms with van der Waals surface area (Å²) in [6.45, 7) is 3.70. The van der Waals surface area contributed by atoms with Gasteiger partial charge in [0.25, 0.3) is 0 Å². The number of ether oxygens (including phenoxy) is 1. The number of thioether (sulfide) groups is 1. The van der Waals surface area contributed by atoms with Gasteiger partial charge in [0, 0.05) is 5.92 Å². The number of alkyl carbamates (subject to hydrolysis) is 1. The predicted octanol–water partition coefficient (Wildman–Crippen LogP) is 3.87. The molecule has 0 spiro atoms. The second-order valence-corrected chi connectivity index (χ2v) is 9.36. The Labute approximate surface area is 198 Å². The van der Waals surface area contributed by atoms with E-state index >= 15 is 0 Å². The first kappa shape index (κ1) is 24.6. The molecule has 33 heavy (non-hydrogen) atoms. The number of fused-ring (bicyclic) bond motifs is 3. The Kier molecular flexibility index (Phi) is 8.38. The van der Waals surface area contributed by atoms with Gasteiger partial charge in [-0.05, 0) is 46.6 Å². The van der Waals surface area contributed by atoms with Crippen molar-refractivity contribution in [3.8, 4) is 11.1 Å². The van der Waals surface area contributed by atoms with Gasteiger partial charge in [0.15, 0.2) is 0 Å². The molecule has 1 unspecified atom stereocenters. The van der Waals surface area contributed by atoms with Crippen LogP contribution in [-0.2, 0) is 14.3 Å². The van der Waals surface area contributed by atoms with Gasteiger partial charge in [-0.3, -0.25) is 4.79 Å². The molecule has 1 aliphatic rings. The molecule has 0 fully saturated rings. The second-order valence-electron chi connectivity index (χ2n) is 8.37. The van der Waals surface area contributed by atoms with Crippen LogP contribution in [-0.4, -0.2) is 53.8 Å². The van der Waals surface area contributed by atoms with Gasteiger partial charge in [0.1, 0.15) is 18.7 Å². The summed E-state index contributed by atoms with van der Waals surface area (Å²) in [7, 11) is 0. The summed E-state index contributed by atoms with van der Waals surface area (Å²) >= 11 is 1.50. The normalized spacial score (nSPS) is 14.2. The monoisotopic (exact) mass is 470 g/mol. The fourth-order valence-corrected chi connectivity index (χ4v) is 4.53. The van der Waals surface area contributed by atoms with Crippen LogP contribution in [0.4, 0.5) is 4.79 Å². The zero-order chi connectivity index (χ0) is 24.0. The van der Waals surface area contributed by atoms with E-state index in [9.17, 15) is 19.5 Å². The quantitative estimate of drug-likeness (QED) is 0.487. The summed E-state index contributed by atoms with van der Waals surface area (Å²) in [4.78, 5) is 36.8. The summed E-state index contributed by atoms with van der Waals surface area (Å²) < 4.78 is 5.54. The first-order valence-corrected chi connectivity index (χ1v) is 12.4. The van der Waals surface area contributed by atoms with E-state index in [1.54, 1.807) is 13.8 Å². The standard InChI is InChI=1S/C25H30N2O5S/c1-15(2)22(23(28)26-21(24(29)30)12-13-33-3)27-25(31)32-14-20-18-10-6-4-8-16(18)17-9-5-7-11-19(17)20/h4-11,15,20-22H,12-14H2,1-3H3,(H,26,28)(H,27,31)(H,29,30)/t21?,22-/m0/s1. The van der Waals surface area contributed by atoms with Gasteiger partial charge in [0.05, 0.1) is 0 Å². The number of nitrogens with one attached hydrogen (secondary N) is 2. The van der Waals surface area contributed by atoms with Crippen LogP contribution in [0.25, 0.3) is 11.1 Å². The van der Waals surface area contributed by atoms with Crippen molar-refractivity contribution in [1.29, 1.82) is 0 Å². The van der Waals surface area contributed by atoms with Crippen molar-refractivity contribution >= 4 is 29.7 Å². The van der Waals surface area contributed by atoms with E-state index in [-0.39, 0.29) is 18.4 Å². The number of carboxylic acids is 1. The smallest absolute Gasteiger partial charge is 0.407 e. The fraction of sp³-hybridized carbons (Fsp3) is 0.400. The van der Waals surface area contributed by atoms with E-state index in [1.165, 1.54) is 11.8 Å². The maximum Gasteiger partial charge on any atom is 0.407 e. The van der Waals surface area contributed by atoms with Crippen LogP contribution >= 0.6 is 11.8 Å². The highest BCUT2D eigenvalue weighted by Crippen LogP contribution is 2.44. The lowest BCUT2D eigenvalue weighted by atomic mass is 9.98. The Hall–Kier alpha value is -3.00. The maximum absolute atomic E-state index is 12.7. The molecule has 3 rings (SSSR count). The molecule has 0 aliphatic heterocycles. The zero-order valence-electron chi connectivity index (χ0n) is 19.0. The number of hydrogen-bond acceptors (Lipinski definition) is 5. The highest BCUT2D eigenvalue weighted by Gasteiger charge is 2.31. The lowest BCUT2D eigenvalue weighted by Crippen LogP contribution is -2.54. The number of carboxylic acid groups (broad SMARTS) is 1. The number of carbonyl (C=O) groups is 3. The van der Waals surface area contributed by atoms with Gasteiger partial charge in [-0.2, -0.15) is 11.8 Å². The zero-order valence-corrected chi connectivity index (χ0v) is 19.9. The molecule has 2 aromatic carbocycles. The summed E-state index contributed by atoms with van der Waals surface area (Å²) in [6.07, 6.45) is 1.47. The minimum Gasteiger partial charge on any atom is -0.480 e. The molecule has 0 saturated carbocycles. The molecule has 8 heteroatoms. The molecule has 2 amide bonds. The Balaban J connectivity index is 1.64. The van der Waals surface area contributed by atoms with E-state index in [4.69, 9.17) is 4.74 Å². The van der Waals surface area contributed by atoms with E-state index in [1.807, 2.05) is 42.7 Å². The molecule has 2 atom stereocenters. The molecule has 0 radical (unpaired) electrons. The number of aliphatic carboxylic acids is 1. The molecule has 3 N–H and O–H groups in total. The topological polar surface area (TPSA) is 105 Å². The van der Waals surface area contributed by atoms with Crippen molar-refractivity contribution in [2.75, 3.05) is 18.6 Å². The minimum atomic E-state index is -1.10. The maximum atomic E-state index is 12.7. The number of hydrogen-bond donors (Lipinski definition) is 3. The number of amides is 2. The van der Waals surface area contributed by atoms with Crippen LogP contribution in [0.15, 0.2) is 48.5 Å². The Morgan fingerprint density at radius 2 is 1.58 bits per heavy atom. The van der Waals surface area contributed by atoms with Gasteiger partial charge in [-0.1, -0.05) is 62.4 Å². The Morgan fingerprint density at radius 3 is 2.09 bits per heavy atom. The predicted molar refractivity (Wildman–Crippen MR) is 129 cm³/mol. The number of rotatable bonds is 10. The molecule has 0 heterocycles. The molecular formula is C25H30N2O5S. The van der Waals surface area contributed by atoms with E-state index in [0.717, 1.165) is 22.3 Å². The average Bonchev–Trinajstić information content (AvgIpc) is 3.12. The highest BCUT2D eigenvalue weighted by atomic mass is 32.2. The molecule has 176 valence electrons.